The van der Waals surface area contributed by atoms with Crippen molar-refractivity contribution >= 4 is 5.78 Å². The number of Topliss-reactive ketones (excluding diaryl/α,β-unsaturated/α-hetero) is 1. The highest BCUT2D eigenvalue weighted by molar-refractivity contribution is 5.76. The lowest BCUT2D eigenvalue weighted by Gasteiger charge is -2.20. The van der Waals surface area contributed by atoms with Gasteiger partial charge in [-0.05, 0) is 24.6 Å². The predicted octanol–water partition coefficient (Wildman–Crippen LogP) is 1.44. The first-order valence-corrected chi connectivity index (χ1v) is 5.31. The summed E-state index contributed by atoms with van der Waals surface area (Å²) in [5.74, 6) is 1.54. The number of fused-ring (bicyclic) bond motifs is 1. The average Bonchev–Trinajstić information content (AvgIpc) is 2.27. The molecule has 0 bridgehead atoms. The van der Waals surface area contributed by atoms with Gasteiger partial charge in [-0.25, -0.2) is 0 Å². The van der Waals surface area contributed by atoms with Gasteiger partial charge in [0.2, 0.25) is 0 Å². The van der Waals surface area contributed by atoms with Crippen LogP contribution in [0.5, 0.6) is 11.5 Å². The lowest BCUT2D eigenvalue weighted by Crippen LogP contribution is -2.17. The minimum Gasteiger partial charge on any atom is -0.486 e. The molecule has 1 atom stereocenters. The maximum Gasteiger partial charge on any atom is 0.161 e. The van der Waals surface area contributed by atoms with Crippen molar-refractivity contribution in [2.75, 3.05) is 13.2 Å². The van der Waals surface area contributed by atoms with Gasteiger partial charge in [0, 0.05) is 12.5 Å². The molecule has 0 saturated heterocycles. The molecular formula is C12H15NO3. The Hall–Kier alpha value is -1.55. The molecule has 0 radical (unpaired) electrons. The summed E-state index contributed by atoms with van der Waals surface area (Å²) in [6.45, 7) is 2.67. The fraction of sp³-hybridized carbons (Fsp3) is 0.417. The van der Waals surface area contributed by atoms with Crippen LogP contribution in [0.2, 0.25) is 0 Å². The Balaban J connectivity index is 2.19. The van der Waals surface area contributed by atoms with E-state index >= 15 is 0 Å². The molecule has 0 amide bonds. The van der Waals surface area contributed by atoms with Gasteiger partial charge in [0.15, 0.2) is 11.5 Å². The highest BCUT2D eigenvalue weighted by atomic mass is 16.6. The van der Waals surface area contributed by atoms with Gasteiger partial charge in [-0.1, -0.05) is 6.07 Å². The molecule has 1 aliphatic rings. The first-order valence-electron chi connectivity index (χ1n) is 5.31. The first-order chi connectivity index (χ1) is 7.66. The second kappa shape index (κ2) is 4.53. The summed E-state index contributed by atoms with van der Waals surface area (Å²) in [5, 5.41) is 0. The Morgan fingerprint density at radius 3 is 2.75 bits per heavy atom. The van der Waals surface area contributed by atoms with E-state index < -0.39 is 0 Å². The second-order valence-electron chi connectivity index (χ2n) is 3.92. The third-order valence-corrected chi connectivity index (χ3v) is 2.50. The number of ether oxygens (including phenoxy) is 2. The molecule has 0 saturated carbocycles. The van der Waals surface area contributed by atoms with Crippen molar-refractivity contribution in [2.24, 2.45) is 5.73 Å². The van der Waals surface area contributed by atoms with Crippen LogP contribution in [0, 0.1) is 0 Å². The Labute approximate surface area is 94.3 Å². The van der Waals surface area contributed by atoms with Crippen molar-refractivity contribution in [1.29, 1.82) is 0 Å². The number of carbonyl (C=O) groups is 1. The summed E-state index contributed by atoms with van der Waals surface area (Å²) >= 11 is 0. The van der Waals surface area contributed by atoms with Crippen molar-refractivity contribution in [2.45, 2.75) is 19.4 Å². The highest BCUT2D eigenvalue weighted by Gasteiger charge is 2.15. The van der Waals surface area contributed by atoms with Gasteiger partial charge in [0.05, 0.1) is 0 Å². The van der Waals surface area contributed by atoms with Crippen LogP contribution in [0.3, 0.4) is 0 Å². The summed E-state index contributed by atoms with van der Waals surface area (Å²) in [7, 11) is 0. The van der Waals surface area contributed by atoms with Gasteiger partial charge in [0.25, 0.3) is 0 Å². The molecule has 2 rings (SSSR count). The van der Waals surface area contributed by atoms with E-state index in [1.54, 1.807) is 0 Å². The topological polar surface area (TPSA) is 61.6 Å². The number of hydrogen-bond donors (Lipinski definition) is 1. The third-order valence-electron chi connectivity index (χ3n) is 2.50. The summed E-state index contributed by atoms with van der Waals surface area (Å²) in [6.07, 6.45) is 0.347. The van der Waals surface area contributed by atoms with Crippen LogP contribution in [0.15, 0.2) is 18.2 Å². The molecular weight excluding hydrogens is 206 g/mol. The van der Waals surface area contributed by atoms with Crippen LogP contribution in [-0.4, -0.2) is 19.0 Å². The number of rotatable bonds is 3. The number of benzene rings is 1. The number of carbonyl (C=O) groups excluding carboxylic acids is 1. The monoisotopic (exact) mass is 221 g/mol. The van der Waals surface area contributed by atoms with E-state index in [0.29, 0.717) is 25.4 Å². The third kappa shape index (κ3) is 2.33. The minimum absolute atomic E-state index is 0.0855. The summed E-state index contributed by atoms with van der Waals surface area (Å²) in [6, 6.07) is 5.29. The minimum atomic E-state index is -0.270. The molecule has 1 heterocycles. The van der Waals surface area contributed by atoms with Crippen LogP contribution in [0.4, 0.5) is 0 Å². The molecule has 4 nitrogen and oxygen atoms in total. The fourth-order valence-electron chi connectivity index (χ4n) is 1.72. The number of hydrogen-bond acceptors (Lipinski definition) is 4. The molecule has 0 spiro atoms. The van der Waals surface area contributed by atoms with E-state index in [2.05, 4.69) is 0 Å². The van der Waals surface area contributed by atoms with Crippen molar-refractivity contribution in [3.63, 3.8) is 0 Å². The molecule has 1 aliphatic heterocycles. The standard InChI is InChI=1S/C12H15NO3/c1-8(14)6-10(13)9-2-3-11-12(7-9)16-5-4-15-11/h2-3,7,10H,4-6,13H2,1H3. The summed E-state index contributed by atoms with van der Waals surface area (Å²) < 4.78 is 10.9. The fourth-order valence-corrected chi connectivity index (χ4v) is 1.72. The summed E-state index contributed by atoms with van der Waals surface area (Å²) in [4.78, 5) is 11.0. The van der Waals surface area contributed by atoms with Crippen LogP contribution in [-0.2, 0) is 4.79 Å². The Kier molecular flexibility index (Phi) is 3.10. The molecule has 2 N–H and O–H groups in total. The zero-order valence-corrected chi connectivity index (χ0v) is 9.23. The maximum atomic E-state index is 11.0. The quantitative estimate of drug-likeness (QED) is 0.838. The largest absolute Gasteiger partial charge is 0.486 e. The van der Waals surface area contributed by atoms with Crippen LogP contribution >= 0.6 is 0 Å². The van der Waals surface area contributed by atoms with Gasteiger partial charge in [0.1, 0.15) is 19.0 Å². The van der Waals surface area contributed by atoms with Gasteiger partial charge in [-0.15, -0.1) is 0 Å². The molecule has 0 aromatic heterocycles. The van der Waals surface area contributed by atoms with Crippen molar-refractivity contribution in [1.82, 2.24) is 0 Å². The van der Waals surface area contributed by atoms with E-state index in [0.717, 1.165) is 11.3 Å². The molecule has 4 heteroatoms. The zero-order valence-electron chi connectivity index (χ0n) is 9.23. The SMILES string of the molecule is CC(=O)CC(N)c1ccc2c(c1)OCCO2. The first kappa shape index (κ1) is 11.0. The van der Waals surface area contributed by atoms with E-state index in [1.165, 1.54) is 6.92 Å². The molecule has 0 aliphatic carbocycles. The Morgan fingerprint density at radius 2 is 2.06 bits per heavy atom. The smallest absolute Gasteiger partial charge is 0.161 e. The van der Waals surface area contributed by atoms with E-state index in [9.17, 15) is 4.79 Å². The summed E-state index contributed by atoms with van der Waals surface area (Å²) in [5.41, 5.74) is 6.81. The van der Waals surface area contributed by atoms with Crippen LogP contribution in [0.25, 0.3) is 0 Å². The van der Waals surface area contributed by atoms with Crippen molar-refractivity contribution < 1.29 is 14.3 Å². The molecule has 16 heavy (non-hydrogen) atoms. The Bertz CT molecular complexity index is 403. The number of ketones is 1. The average molecular weight is 221 g/mol. The predicted molar refractivity (Wildman–Crippen MR) is 59.7 cm³/mol. The zero-order chi connectivity index (χ0) is 11.5. The van der Waals surface area contributed by atoms with E-state index in [-0.39, 0.29) is 11.8 Å². The maximum absolute atomic E-state index is 11.0. The van der Waals surface area contributed by atoms with Crippen LogP contribution in [0.1, 0.15) is 24.9 Å². The normalized spacial score (nSPS) is 15.6. The Morgan fingerprint density at radius 1 is 1.38 bits per heavy atom. The van der Waals surface area contributed by atoms with Crippen molar-refractivity contribution in [3.8, 4) is 11.5 Å². The van der Waals surface area contributed by atoms with E-state index in [1.807, 2.05) is 18.2 Å². The van der Waals surface area contributed by atoms with Gasteiger partial charge < -0.3 is 15.2 Å². The number of nitrogens with two attached hydrogens (primary N) is 1. The molecule has 1 aromatic rings. The van der Waals surface area contributed by atoms with Gasteiger partial charge in [-0.3, -0.25) is 4.79 Å². The van der Waals surface area contributed by atoms with Crippen molar-refractivity contribution in [3.05, 3.63) is 23.8 Å². The van der Waals surface area contributed by atoms with Gasteiger partial charge in [-0.2, -0.15) is 0 Å². The lowest BCUT2D eigenvalue weighted by atomic mass is 10.0. The molecule has 86 valence electrons. The van der Waals surface area contributed by atoms with Crippen LogP contribution < -0.4 is 15.2 Å². The van der Waals surface area contributed by atoms with Gasteiger partial charge >= 0.3 is 0 Å². The second-order valence-corrected chi connectivity index (χ2v) is 3.92. The molecule has 0 fully saturated rings. The lowest BCUT2D eigenvalue weighted by molar-refractivity contribution is -0.117. The highest BCUT2D eigenvalue weighted by Crippen LogP contribution is 2.32. The van der Waals surface area contributed by atoms with E-state index in [4.69, 9.17) is 15.2 Å². The molecule has 1 unspecified atom stereocenters. The molecule has 1 aromatic carbocycles.